The minimum absolute atomic E-state index is 0.0483. The van der Waals surface area contributed by atoms with Crippen molar-refractivity contribution in [3.8, 4) is 0 Å². The van der Waals surface area contributed by atoms with E-state index in [0.29, 0.717) is 18.8 Å². The summed E-state index contributed by atoms with van der Waals surface area (Å²) in [5.41, 5.74) is 7.54. The number of hydrogen-bond donors (Lipinski definition) is 1. The van der Waals surface area contributed by atoms with Gasteiger partial charge < -0.3 is 5.73 Å². The van der Waals surface area contributed by atoms with Crippen LogP contribution in [0.25, 0.3) is 0 Å². The highest BCUT2D eigenvalue weighted by Crippen LogP contribution is 2.37. The third-order valence-corrected chi connectivity index (χ3v) is 3.34. The quantitative estimate of drug-likeness (QED) is 0.764. The molecule has 0 amide bonds. The number of nitrogens with two attached hydrogens (primary N) is 1. The van der Waals surface area contributed by atoms with Crippen LogP contribution in [-0.2, 0) is 6.42 Å². The lowest BCUT2D eigenvalue weighted by Crippen LogP contribution is -2.25. The van der Waals surface area contributed by atoms with E-state index in [-0.39, 0.29) is 12.8 Å². The van der Waals surface area contributed by atoms with Crippen LogP contribution in [0.2, 0.25) is 0 Å². The largest absolute Gasteiger partial charge is 0.399 e. The highest BCUT2D eigenvalue weighted by Gasteiger charge is 2.34. The van der Waals surface area contributed by atoms with Crippen LogP contribution in [0.1, 0.15) is 31.2 Å². The summed E-state index contributed by atoms with van der Waals surface area (Å²) < 4.78 is 25.9. The van der Waals surface area contributed by atoms with Gasteiger partial charge >= 0.3 is 0 Å². The zero-order valence-electron chi connectivity index (χ0n) is 9.26. The van der Waals surface area contributed by atoms with Gasteiger partial charge in [-0.3, -0.25) is 0 Å². The van der Waals surface area contributed by atoms with Gasteiger partial charge in [0.25, 0.3) is 0 Å². The van der Waals surface area contributed by atoms with E-state index in [2.05, 4.69) is 0 Å². The van der Waals surface area contributed by atoms with Crippen molar-refractivity contribution in [3.63, 3.8) is 0 Å². The smallest absolute Gasteiger partial charge is 0.248 e. The Hall–Kier alpha value is -1.12. The molecule has 88 valence electrons. The van der Waals surface area contributed by atoms with Crippen LogP contribution in [0.5, 0.6) is 0 Å². The normalized spacial score (nSPS) is 20.9. The summed E-state index contributed by atoms with van der Waals surface area (Å²) in [6.07, 6.45) is 2.27. The van der Waals surface area contributed by atoms with Gasteiger partial charge in [-0.15, -0.1) is 0 Å². The minimum atomic E-state index is -2.42. The van der Waals surface area contributed by atoms with Crippen molar-refractivity contribution in [3.05, 3.63) is 29.8 Å². The number of rotatable bonds is 2. The fourth-order valence-corrected chi connectivity index (χ4v) is 2.29. The maximum Gasteiger partial charge on any atom is 0.248 e. The number of anilines is 1. The SMILES string of the molecule is Nc1ccc(CC2CCC(F)(F)CC2)cc1. The third-order valence-electron chi connectivity index (χ3n) is 3.34. The molecule has 3 heteroatoms. The topological polar surface area (TPSA) is 26.0 Å². The second-order valence-electron chi connectivity index (χ2n) is 4.75. The maximum absolute atomic E-state index is 13.0. The Morgan fingerprint density at radius 2 is 1.69 bits per heavy atom. The van der Waals surface area contributed by atoms with Crippen LogP contribution in [0.3, 0.4) is 0 Å². The average Bonchev–Trinajstić information content (AvgIpc) is 2.24. The van der Waals surface area contributed by atoms with Crippen molar-refractivity contribution in [2.24, 2.45) is 5.92 Å². The minimum Gasteiger partial charge on any atom is -0.399 e. The molecule has 0 radical (unpaired) electrons. The molecular weight excluding hydrogens is 208 g/mol. The van der Waals surface area contributed by atoms with Crippen LogP contribution in [0.4, 0.5) is 14.5 Å². The summed E-state index contributed by atoms with van der Waals surface area (Å²) in [6, 6.07) is 7.71. The van der Waals surface area contributed by atoms with Crippen molar-refractivity contribution in [2.75, 3.05) is 5.73 Å². The molecule has 1 aliphatic carbocycles. The molecule has 0 aromatic heterocycles. The summed E-state index contributed by atoms with van der Waals surface area (Å²) in [6.45, 7) is 0. The molecule has 1 aliphatic rings. The summed E-state index contributed by atoms with van der Waals surface area (Å²) in [5, 5.41) is 0. The molecule has 0 aliphatic heterocycles. The molecule has 1 fully saturated rings. The Morgan fingerprint density at radius 1 is 1.12 bits per heavy atom. The van der Waals surface area contributed by atoms with Crippen LogP contribution in [-0.4, -0.2) is 5.92 Å². The van der Waals surface area contributed by atoms with E-state index in [9.17, 15) is 8.78 Å². The molecule has 2 N–H and O–H groups in total. The molecule has 0 heterocycles. The molecule has 1 nitrogen and oxygen atoms in total. The zero-order chi connectivity index (χ0) is 11.6. The molecule has 0 saturated heterocycles. The molecule has 0 spiro atoms. The number of alkyl halides is 2. The van der Waals surface area contributed by atoms with Crippen molar-refractivity contribution in [1.29, 1.82) is 0 Å². The molecule has 1 aromatic carbocycles. The Balaban J connectivity index is 1.89. The molecule has 0 unspecified atom stereocenters. The van der Waals surface area contributed by atoms with Gasteiger partial charge in [0.15, 0.2) is 0 Å². The predicted octanol–water partition coefficient (Wildman–Crippen LogP) is 3.64. The van der Waals surface area contributed by atoms with Gasteiger partial charge in [-0.2, -0.15) is 0 Å². The van der Waals surface area contributed by atoms with Gasteiger partial charge in [-0.1, -0.05) is 12.1 Å². The van der Waals surface area contributed by atoms with Gasteiger partial charge in [-0.25, -0.2) is 8.78 Å². The Labute approximate surface area is 94.7 Å². The summed E-state index contributed by atoms with van der Waals surface area (Å²) >= 11 is 0. The first-order chi connectivity index (χ1) is 7.55. The van der Waals surface area contributed by atoms with Crippen LogP contribution >= 0.6 is 0 Å². The predicted molar refractivity (Wildman–Crippen MR) is 61.5 cm³/mol. The lowest BCUT2D eigenvalue weighted by atomic mass is 9.83. The highest BCUT2D eigenvalue weighted by molar-refractivity contribution is 5.39. The van der Waals surface area contributed by atoms with Gasteiger partial charge in [0, 0.05) is 18.5 Å². The lowest BCUT2D eigenvalue weighted by molar-refractivity contribution is -0.0456. The van der Waals surface area contributed by atoms with Gasteiger partial charge in [-0.05, 0) is 42.9 Å². The first-order valence-electron chi connectivity index (χ1n) is 5.77. The van der Waals surface area contributed by atoms with Crippen molar-refractivity contribution >= 4 is 5.69 Å². The number of hydrogen-bond acceptors (Lipinski definition) is 1. The Bertz CT molecular complexity index is 335. The van der Waals surface area contributed by atoms with E-state index in [0.717, 1.165) is 12.1 Å². The molecule has 16 heavy (non-hydrogen) atoms. The lowest BCUT2D eigenvalue weighted by Gasteiger charge is -2.28. The van der Waals surface area contributed by atoms with E-state index >= 15 is 0 Å². The molecule has 2 rings (SSSR count). The first kappa shape index (κ1) is 11.4. The van der Waals surface area contributed by atoms with E-state index in [4.69, 9.17) is 5.73 Å². The Kier molecular flexibility index (Phi) is 3.13. The Morgan fingerprint density at radius 3 is 2.25 bits per heavy atom. The summed E-state index contributed by atoms with van der Waals surface area (Å²) in [4.78, 5) is 0. The first-order valence-corrected chi connectivity index (χ1v) is 5.77. The molecule has 0 bridgehead atoms. The summed E-state index contributed by atoms with van der Waals surface area (Å²) in [5.74, 6) is -2.01. The number of benzene rings is 1. The summed E-state index contributed by atoms with van der Waals surface area (Å²) in [7, 11) is 0. The highest BCUT2D eigenvalue weighted by atomic mass is 19.3. The van der Waals surface area contributed by atoms with Crippen LogP contribution in [0, 0.1) is 5.92 Å². The fourth-order valence-electron chi connectivity index (χ4n) is 2.29. The van der Waals surface area contributed by atoms with E-state index in [1.54, 1.807) is 0 Å². The standard InChI is InChI=1S/C13H17F2N/c14-13(15)7-5-11(6-8-13)9-10-1-3-12(16)4-2-10/h1-4,11H,5-9,16H2. The molecule has 1 saturated carbocycles. The number of nitrogen functional groups attached to an aromatic ring is 1. The van der Waals surface area contributed by atoms with Crippen LogP contribution in [0.15, 0.2) is 24.3 Å². The molecule has 0 atom stereocenters. The van der Waals surface area contributed by atoms with E-state index in [1.807, 2.05) is 24.3 Å². The van der Waals surface area contributed by atoms with Crippen molar-refractivity contribution in [2.45, 2.75) is 38.0 Å². The fraction of sp³-hybridized carbons (Fsp3) is 0.538. The number of halogens is 2. The maximum atomic E-state index is 13.0. The third kappa shape index (κ3) is 2.94. The van der Waals surface area contributed by atoms with Gasteiger partial charge in [0.05, 0.1) is 0 Å². The second kappa shape index (κ2) is 4.40. The van der Waals surface area contributed by atoms with Crippen molar-refractivity contribution < 1.29 is 8.78 Å². The monoisotopic (exact) mass is 225 g/mol. The van der Waals surface area contributed by atoms with Gasteiger partial charge in [0.2, 0.25) is 5.92 Å². The molecular formula is C13H17F2N. The van der Waals surface area contributed by atoms with E-state index < -0.39 is 5.92 Å². The molecule has 1 aromatic rings. The second-order valence-corrected chi connectivity index (χ2v) is 4.75. The van der Waals surface area contributed by atoms with Gasteiger partial charge in [0.1, 0.15) is 0 Å². The van der Waals surface area contributed by atoms with E-state index in [1.165, 1.54) is 5.56 Å². The average molecular weight is 225 g/mol. The van der Waals surface area contributed by atoms with Crippen LogP contribution < -0.4 is 5.73 Å². The zero-order valence-corrected chi connectivity index (χ0v) is 9.26. The van der Waals surface area contributed by atoms with Crippen molar-refractivity contribution in [1.82, 2.24) is 0 Å².